The summed E-state index contributed by atoms with van der Waals surface area (Å²) >= 11 is 0. The molecule has 0 aromatic rings. The van der Waals surface area contributed by atoms with Gasteiger partial charge in [0.05, 0.1) is 0 Å². The van der Waals surface area contributed by atoms with Crippen molar-refractivity contribution < 1.29 is 28.6 Å². The van der Waals surface area contributed by atoms with Gasteiger partial charge < -0.3 is 14.2 Å². The van der Waals surface area contributed by atoms with Gasteiger partial charge >= 0.3 is 17.9 Å². The van der Waals surface area contributed by atoms with Gasteiger partial charge in [0.15, 0.2) is 6.10 Å². The summed E-state index contributed by atoms with van der Waals surface area (Å²) in [6.45, 7) is 6.70. The van der Waals surface area contributed by atoms with Gasteiger partial charge in [-0.3, -0.25) is 14.4 Å². The van der Waals surface area contributed by atoms with Gasteiger partial charge in [0.25, 0.3) is 0 Å². The summed E-state index contributed by atoms with van der Waals surface area (Å²) < 4.78 is 16.9. The summed E-state index contributed by atoms with van der Waals surface area (Å²) in [6.07, 6.45) is 64.0. The Kier molecular flexibility index (Phi) is 55.6. The zero-order valence-corrected chi connectivity index (χ0v) is 45.7. The SMILES string of the molecule is CCCCCCCCCCCCCCCCCCCCCCCCCCC(=O)OCC(COC(=O)CCCCCCCCCCCCC)OC(=O)CCCCCCCCCCCCCCCC. The zero-order valence-electron chi connectivity index (χ0n) is 45.7. The summed E-state index contributed by atoms with van der Waals surface area (Å²) in [4.78, 5) is 38.1. The molecular formula is C61H118O6. The molecule has 0 aliphatic rings. The second-order valence-electron chi connectivity index (χ2n) is 21.0. The summed E-state index contributed by atoms with van der Waals surface area (Å²) in [7, 11) is 0. The van der Waals surface area contributed by atoms with Crippen LogP contribution in [0.25, 0.3) is 0 Å². The number of carbonyl (C=O) groups is 3. The largest absolute Gasteiger partial charge is 0.462 e. The van der Waals surface area contributed by atoms with E-state index in [1.807, 2.05) is 0 Å². The average Bonchev–Trinajstić information content (AvgIpc) is 3.33. The van der Waals surface area contributed by atoms with Crippen molar-refractivity contribution >= 4 is 17.9 Å². The zero-order chi connectivity index (χ0) is 48.6. The van der Waals surface area contributed by atoms with Crippen LogP contribution >= 0.6 is 0 Å². The highest BCUT2D eigenvalue weighted by molar-refractivity contribution is 5.71. The van der Waals surface area contributed by atoms with Gasteiger partial charge in [-0.15, -0.1) is 0 Å². The molecule has 0 spiro atoms. The minimum Gasteiger partial charge on any atom is -0.462 e. The molecule has 398 valence electrons. The van der Waals surface area contributed by atoms with Gasteiger partial charge in [0, 0.05) is 19.3 Å². The lowest BCUT2D eigenvalue weighted by molar-refractivity contribution is -0.167. The smallest absolute Gasteiger partial charge is 0.306 e. The van der Waals surface area contributed by atoms with Crippen LogP contribution in [0, 0.1) is 0 Å². The Balaban J connectivity index is 4.15. The van der Waals surface area contributed by atoms with Crippen LogP contribution in [0.2, 0.25) is 0 Å². The Bertz CT molecular complexity index is 998. The molecule has 0 radical (unpaired) electrons. The average molecular weight is 948 g/mol. The molecule has 0 aromatic carbocycles. The van der Waals surface area contributed by atoms with Crippen LogP contribution in [0.15, 0.2) is 0 Å². The first kappa shape index (κ1) is 65.4. The van der Waals surface area contributed by atoms with E-state index in [9.17, 15) is 14.4 Å². The highest BCUT2D eigenvalue weighted by atomic mass is 16.6. The molecule has 67 heavy (non-hydrogen) atoms. The van der Waals surface area contributed by atoms with Crippen molar-refractivity contribution in [3.05, 3.63) is 0 Å². The van der Waals surface area contributed by atoms with Crippen molar-refractivity contribution in [1.29, 1.82) is 0 Å². The lowest BCUT2D eigenvalue weighted by atomic mass is 10.0. The van der Waals surface area contributed by atoms with E-state index in [4.69, 9.17) is 14.2 Å². The van der Waals surface area contributed by atoms with Crippen molar-refractivity contribution in [2.45, 2.75) is 361 Å². The Morgan fingerprint density at radius 2 is 0.403 bits per heavy atom. The van der Waals surface area contributed by atoms with Crippen molar-refractivity contribution in [1.82, 2.24) is 0 Å². The summed E-state index contributed by atoms with van der Waals surface area (Å²) in [5.74, 6) is -0.832. The molecule has 1 unspecified atom stereocenters. The number of carbonyl (C=O) groups excluding carboxylic acids is 3. The molecule has 6 nitrogen and oxygen atoms in total. The highest BCUT2D eigenvalue weighted by Gasteiger charge is 2.19. The topological polar surface area (TPSA) is 78.9 Å². The summed E-state index contributed by atoms with van der Waals surface area (Å²) in [5.41, 5.74) is 0. The summed E-state index contributed by atoms with van der Waals surface area (Å²) in [5, 5.41) is 0. The third kappa shape index (κ3) is 55.2. The molecule has 0 saturated heterocycles. The predicted octanol–water partition coefficient (Wildman–Crippen LogP) is 20.3. The number of ether oxygens (including phenoxy) is 3. The van der Waals surface area contributed by atoms with E-state index >= 15 is 0 Å². The maximum atomic E-state index is 12.8. The predicted molar refractivity (Wildman–Crippen MR) is 289 cm³/mol. The number of rotatable bonds is 57. The van der Waals surface area contributed by atoms with E-state index in [-0.39, 0.29) is 31.1 Å². The third-order valence-corrected chi connectivity index (χ3v) is 14.1. The van der Waals surface area contributed by atoms with Crippen LogP contribution in [-0.4, -0.2) is 37.2 Å². The first-order valence-corrected chi connectivity index (χ1v) is 30.5. The second-order valence-corrected chi connectivity index (χ2v) is 21.0. The molecule has 0 aliphatic carbocycles. The van der Waals surface area contributed by atoms with Gasteiger partial charge in [-0.05, 0) is 19.3 Å². The quantitative estimate of drug-likeness (QED) is 0.0343. The summed E-state index contributed by atoms with van der Waals surface area (Å²) in [6, 6.07) is 0. The van der Waals surface area contributed by atoms with E-state index in [1.54, 1.807) is 0 Å². The van der Waals surface area contributed by atoms with Crippen LogP contribution in [0.1, 0.15) is 355 Å². The highest BCUT2D eigenvalue weighted by Crippen LogP contribution is 2.18. The van der Waals surface area contributed by atoms with E-state index in [2.05, 4.69) is 20.8 Å². The fourth-order valence-electron chi connectivity index (χ4n) is 9.51. The van der Waals surface area contributed by atoms with E-state index in [0.717, 1.165) is 57.8 Å². The van der Waals surface area contributed by atoms with E-state index in [0.29, 0.717) is 19.3 Å². The monoisotopic (exact) mass is 947 g/mol. The Morgan fingerprint density at radius 1 is 0.239 bits per heavy atom. The lowest BCUT2D eigenvalue weighted by Crippen LogP contribution is -2.30. The molecule has 1 atom stereocenters. The van der Waals surface area contributed by atoms with Gasteiger partial charge in [0.1, 0.15) is 13.2 Å². The normalized spacial score (nSPS) is 11.9. The number of esters is 3. The van der Waals surface area contributed by atoms with E-state index in [1.165, 1.54) is 257 Å². The Morgan fingerprint density at radius 3 is 0.597 bits per heavy atom. The molecular weight excluding hydrogens is 829 g/mol. The minimum absolute atomic E-state index is 0.0611. The molecule has 0 saturated carbocycles. The second kappa shape index (κ2) is 57.0. The van der Waals surface area contributed by atoms with Crippen molar-refractivity contribution in [3.63, 3.8) is 0 Å². The molecule has 0 heterocycles. The van der Waals surface area contributed by atoms with E-state index < -0.39 is 6.10 Å². The lowest BCUT2D eigenvalue weighted by Gasteiger charge is -2.18. The van der Waals surface area contributed by atoms with Crippen molar-refractivity contribution in [3.8, 4) is 0 Å². The molecule has 0 N–H and O–H groups in total. The first-order valence-electron chi connectivity index (χ1n) is 30.5. The van der Waals surface area contributed by atoms with Crippen LogP contribution in [-0.2, 0) is 28.6 Å². The van der Waals surface area contributed by atoms with Crippen LogP contribution < -0.4 is 0 Å². The van der Waals surface area contributed by atoms with Crippen molar-refractivity contribution in [2.24, 2.45) is 0 Å². The minimum atomic E-state index is -0.761. The molecule has 0 aliphatic heterocycles. The van der Waals surface area contributed by atoms with Gasteiger partial charge in [-0.2, -0.15) is 0 Å². The molecule has 0 aromatic heterocycles. The third-order valence-electron chi connectivity index (χ3n) is 14.1. The number of hydrogen-bond acceptors (Lipinski definition) is 6. The molecule has 6 heteroatoms. The fraction of sp³-hybridized carbons (Fsp3) is 0.951. The van der Waals surface area contributed by atoms with Gasteiger partial charge in [-0.1, -0.05) is 316 Å². The molecule has 0 amide bonds. The van der Waals surface area contributed by atoms with Crippen LogP contribution in [0.3, 0.4) is 0 Å². The standard InChI is InChI=1S/C61H118O6/c1-4-7-10-13-16-19-22-24-26-27-28-29-30-31-32-33-34-35-37-39-42-45-48-51-54-60(63)66-57-58(56-65-59(62)53-50-47-44-41-38-21-18-15-12-9-6-3)67-61(64)55-52-49-46-43-40-36-25-23-20-17-14-11-8-5-2/h58H,4-57H2,1-3H3. The number of hydrogen-bond donors (Lipinski definition) is 0. The number of unbranched alkanes of at least 4 members (excludes halogenated alkanes) is 46. The molecule has 0 fully saturated rings. The first-order chi connectivity index (χ1) is 33.0. The van der Waals surface area contributed by atoms with Crippen LogP contribution in [0.4, 0.5) is 0 Å². The fourth-order valence-corrected chi connectivity index (χ4v) is 9.51. The Labute approximate surface area is 418 Å². The maximum Gasteiger partial charge on any atom is 0.306 e. The Hall–Kier alpha value is -1.59. The molecule has 0 rings (SSSR count). The van der Waals surface area contributed by atoms with Gasteiger partial charge in [0.2, 0.25) is 0 Å². The van der Waals surface area contributed by atoms with Crippen LogP contribution in [0.5, 0.6) is 0 Å². The van der Waals surface area contributed by atoms with Gasteiger partial charge in [-0.25, -0.2) is 0 Å². The maximum absolute atomic E-state index is 12.8. The molecule has 0 bridgehead atoms. The van der Waals surface area contributed by atoms with Crippen molar-refractivity contribution in [2.75, 3.05) is 13.2 Å².